The zero-order valence-corrected chi connectivity index (χ0v) is 11.0. The van der Waals surface area contributed by atoms with Crippen LogP contribution in [-0.4, -0.2) is 16.4 Å². The molecule has 2 aromatic rings. The molecule has 0 aliphatic carbocycles. The van der Waals surface area contributed by atoms with Crippen LogP contribution in [0, 0.1) is 0 Å². The molecule has 6 heteroatoms. The molecule has 0 aliphatic rings. The molecule has 0 saturated heterocycles. The number of hydrogen-bond donors (Lipinski definition) is 2. The van der Waals surface area contributed by atoms with E-state index in [0.29, 0.717) is 5.56 Å². The Balaban J connectivity index is 2.15. The van der Waals surface area contributed by atoms with E-state index in [2.05, 4.69) is 15.5 Å². The van der Waals surface area contributed by atoms with Gasteiger partial charge in [-0.25, -0.2) is 0 Å². The van der Waals surface area contributed by atoms with Crippen molar-refractivity contribution < 1.29 is 13.2 Å². The molecule has 108 valence electrons. The second kappa shape index (κ2) is 6.09. The third kappa shape index (κ3) is 4.09. The van der Waals surface area contributed by atoms with Gasteiger partial charge in [0.05, 0.1) is 12.6 Å². The molecule has 3 nitrogen and oxygen atoms in total. The molecule has 20 heavy (non-hydrogen) atoms. The Kier molecular flexibility index (Phi) is 4.44. The van der Waals surface area contributed by atoms with Crippen LogP contribution in [0.25, 0.3) is 0 Å². The molecule has 1 aromatic carbocycles. The summed E-state index contributed by atoms with van der Waals surface area (Å²) in [5.74, 6) is 0. The molecular formula is C14H16F3N3. The highest BCUT2D eigenvalue weighted by Crippen LogP contribution is 2.31. The standard InChI is InChI=1S/C14H16F3N3/c1-10(12-8-18-19-9-12)20-13(7-14(15,16)17)11-5-3-2-4-6-11/h2-6,8-10,13,20H,7H2,1H3,(H,18,19). The Morgan fingerprint density at radius 2 is 1.90 bits per heavy atom. The summed E-state index contributed by atoms with van der Waals surface area (Å²) in [6.45, 7) is 1.82. The number of benzene rings is 1. The van der Waals surface area contributed by atoms with Crippen molar-refractivity contribution in [2.45, 2.75) is 31.6 Å². The number of aromatic amines is 1. The van der Waals surface area contributed by atoms with Crippen LogP contribution in [0.4, 0.5) is 13.2 Å². The van der Waals surface area contributed by atoms with Gasteiger partial charge in [-0.15, -0.1) is 0 Å². The van der Waals surface area contributed by atoms with Gasteiger partial charge in [-0.2, -0.15) is 18.3 Å². The molecule has 1 aromatic heterocycles. The monoisotopic (exact) mass is 283 g/mol. The quantitative estimate of drug-likeness (QED) is 0.877. The van der Waals surface area contributed by atoms with Gasteiger partial charge in [0.15, 0.2) is 0 Å². The van der Waals surface area contributed by atoms with Crippen LogP contribution in [-0.2, 0) is 0 Å². The second-order valence-electron chi connectivity index (χ2n) is 4.70. The first kappa shape index (κ1) is 14.6. The number of halogens is 3. The highest BCUT2D eigenvalue weighted by molar-refractivity contribution is 5.20. The largest absolute Gasteiger partial charge is 0.390 e. The fraction of sp³-hybridized carbons (Fsp3) is 0.357. The van der Waals surface area contributed by atoms with E-state index < -0.39 is 18.6 Å². The normalized spacial score (nSPS) is 15.0. The Bertz CT molecular complexity index is 508. The number of aromatic nitrogens is 2. The first-order valence-corrected chi connectivity index (χ1v) is 6.32. The SMILES string of the molecule is CC(NC(CC(F)(F)F)c1ccccc1)c1cn[nH]c1. The third-order valence-corrected chi connectivity index (χ3v) is 3.11. The highest BCUT2D eigenvalue weighted by Gasteiger charge is 2.33. The molecule has 0 spiro atoms. The molecule has 2 atom stereocenters. The maximum Gasteiger partial charge on any atom is 0.390 e. The Morgan fingerprint density at radius 3 is 2.45 bits per heavy atom. The average Bonchev–Trinajstić information content (AvgIpc) is 2.91. The van der Waals surface area contributed by atoms with E-state index in [-0.39, 0.29) is 6.04 Å². The molecule has 2 rings (SSSR count). The van der Waals surface area contributed by atoms with Crippen LogP contribution in [0.2, 0.25) is 0 Å². The zero-order chi connectivity index (χ0) is 14.6. The summed E-state index contributed by atoms with van der Waals surface area (Å²) in [6, 6.07) is 7.67. The van der Waals surface area contributed by atoms with Crippen LogP contribution in [0.3, 0.4) is 0 Å². The van der Waals surface area contributed by atoms with E-state index >= 15 is 0 Å². The van der Waals surface area contributed by atoms with Crippen molar-refractivity contribution >= 4 is 0 Å². The van der Waals surface area contributed by atoms with E-state index in [9.17, 15) is 13.2 Å². The van der Waals surface area contributed by atoms with Gasteiger partial charge in [-0.05, 0) is 12.5 Å². The van der Waals surface area contributed by atoms with Gasteiger partial charge in [0.2, 0.25) is 0 Å². The number of nitrogens with one attached hydrogen (secondary N) is 2. The van der Waals surface area contributed by atoms with Gasteiger partial charge >= 0.3 is 6.18 Å². The lowest BCUT2D eigenvalue weighted by molar-refractivity contribution is -0.140. The first-order chi connectivity index (χ1) is 9.46. The van der Waals surface area contributed by atoms with Crippen LogP contribution in [0.15, 0.2) is 42.7 Å². The van der Waals surface area contributed by atoms with Gasteiger partial charge in [0, 0.05) is 23.8 Å². The number of hydrogen-bond acceptors (Lipinski definition) is 2. The molecule has 2 N–H and O–H groups in total. The van der Waals surface area contributed by atoms with Crippen molar-refractivity contribution in [3.05, 3.63) is 53.9 Å². The van der Waals surface area contributed by atoms with Gasteiger partial charge in [-0.3, -0.25) is 5.10 Å². The van der Waals surface area contributed by atoms with Crippen LogP contribution < -0.4 is 5.32 Å². The maximum absolute atomic E-state index is 12.7. The summed E-state index contributed by atoms with van der Waals surface area (Å²) in [5, 5.41) is 9.48. The van der Waals surface area contributed by atoms with Gasteiger partial charge in [0.25, 0.3) is 0 Å². The summed E-state index contributed by atoms with van der Waals surface area (Å²) >= 11 is 0. The van der Waals surface area contributed by atoms with E-state index in [1.165, 1.54) is 0 Å². The molecule has 0 aliphatic heterocycles. The van der Waals surface area contributed by atoms with Crippen molar-refractivity contribution in [1.29, 1.82) is 0 Å². The smallest absolute Gasteiger partial charge is 0.303 e. The molecule has 0 amide bonds. The predicted octanol–water partition coefficient (Wildman–Crippen LogP) is 3.75. The lowest BCUT2D eigenvalue weighted by Gasteiger charge is -2.24. The summed E-state index contributed by atoms with van der Waals surface area (Å²) in [5.41, 5.74) is 1.45. The molecular weight excluding hydrogens is 267 g/mol. The Hall–Kier alpha value is -1.82. The van der Waals surface area contributed by atoms with Gasteiger partial charge in [-0.1, -0.05) is 30.3 Å². The first-order valence-electron chi connectivity index (χ1n) is 6.32. The Morgan fingerprint density at radius 1 is 1.20 bits per heavy atom. The zero-order valence-electron chi connectivity index (χ0n) is 11.0. The predicted molar refractivity (Wildman–Crippen MR) is 70.0 cm³/mol. The molecule has 0 bridgehead atoms. The topological polar surface area (TPSA) is 40.7 Å². The van der Waals surface area contributed by atoms with Crippen molar-refractivity contribution in [1.82, 2.24) is 15.5 Å². The van der Waals surface area contributed by atoms with Crippen LogP contribution in [0.5, 0.6) is 0 Å². The van der Waals surface area contributed by atoms with Crippen molar-refractivity contribution in [3.63, 3.8) is 0 Å². The summed E-state index contributed by atoms with van der Waals surface area (Å²) in [7, 11) is 0. The van der Waals surface area contributed by atoms with E-state index in [1.54, 1.807) is 42.7 Å². The number of H-pyrrole nitrogens is 1. The number of rotatable bonds is 5. The molecule has 1 heterocycles. The second-order valence-corrected chi connectivity index (χ2v) is 4.70. The molecule has 0 saturated carbocycles. The van der Waals surface area contributed by atoms with Crippen molar-refractivity contribution in [2.24, 2.45) is 0 Å². The maximum atomic E-state index is 12.7. The van der Waals surface area contributed by atoms with Crippen molar-refractivity contribution in [2.75, 3.05) is 0 Å². The molecule has 0 fully saturated rings. The van der Waals surface area contributed by atoms with E-state index in [0.717, 1.165) is 5.56 Å². The summed E-state index contributed by atoms with van der Waals surface area (Å²) < 4.78 is 38.2. The van der Waals surface area contributed by atoms with Gasteiger partial charge in [0.1, 0.15) is 0 Å². The summed E-state index contributed by atoms with van der Waals surface area (Å²) in [6.07, 6.45) is -1.84. The van der Waals surface area contributed by atoms with Gasteiger partial charge < -0.3 is 5.32 Å². The minimum absolute atomic E-state index is 0.221. The average molecular weight is 283 g/mol. The lowest BCUT2D eigenvalue weighted by Crippen LogP contribution is -2.28. The number of alkyl halides is 3. The van der Waals surface area contributed by atoms with Crippen LogP contribution in [0.1, 0.15) is 36.6 Å². The van der Waals surface area contributed by atoms with Crippen molar-refractivity contribution in [3.8, 4) is 0 Å². The third-order valence-electron chi connectivity index (χ3n) is 3.11. The fourth-order valence-electron chi connectivity index (χ4n) is 2.09. The molecule has 0 radical (unpaired) electrons. The van der Waals surface area contributed by atoms with Crippen LogP contribution >= 0.6 is 0 Å². The van der Waals surface area contributed by atoms with E-state index in [1.807, 2.05) is 6.92 Å². The minimum atomic E-state index is -4.22. The lowest BCUT2D eigenvalue weighted by atomic mass is 10.0. The minimum Gasteiger partial charge on any atom is -0.303 e. The summed E-state index contributed by atoms with van der Waals surface area (Å²) in [4.78, 5) is 0. The molecule has 2 unspecified atom stereocenters. The number of nitrogens with zero attached hydrogens (tertiary/aromatic N) is 1. The van der Waals surface area contributed by atoms with E-state index in [4.69, 9.17) is 0 Å². The fourth-order valence-corrected chi connectivity index (χ4v) is 2.09. The Labute approximate surface area is 115 Å². The highest BCUT2D eigenvalue weighted by atomic mass is 19.4.